The molecular weight excluding hydrogens is 396 g/mol. The van der Waals surface area contributed by atoms with Gasteiger partial charge in [0.15, 0.2) is 0 Å². The van der Waals surface area contributed by atoms with E-state index in [1.165, 1.54) is 23.6 Å². The normalized spacial score (nSPS) is 14.3. The number of benzene rings is 2. The van der Waals surface area contributed by atoms with Crippen LogP contribution in [0.4, 0.5) is 11.4 Å². The summed E-state index contributed by atoms with van der Waals surface area (Å²) in [7, 11) is 0. The number of nitrogens with zero attached hydrogens (tertiary/aromatic N) is 1. The predicted molar refractivity (Wildman–Crippen MR) is 123 cm³/mol. The van der Waals surface area contributed by atoms with Gasteiger partial charge in [0, 0.05) is 17.9 Å². The van der Waals surface area contributed by atoms with Crippen molar-refractivity contribution in [1.82, 2.24) is 0 Å². The fraction of sp³-hybridized carbons (Fsp3) is 0.292. The minimum absolute atomic E-state index is 0.147. The number of thioether (sulfide) groups is 1. The molecule has 156 valence electrons. The summed E-state index contributed by atoms with van der Waals surface area (Å²) in [6.07, 6.45) is 0. The van der Waals surface area contributed by atoms with Crippen LogP contribution < -0.4 is 10.2 Å². The molecule has 0 bridgehead atoms. The predicted octanol–water partition coefficient (Wildman–Crippen LogP) is 5.19. The molecule has 1 aliphatic heterocycles. The van der Waals surface area contributed by atoms with Gasteiger partial charge in [0.05, 0.1) is 16.2 Å². The average molecular weight is 423 g/mol. The highest BCUT2D eigenvalue weighted by molar-refractivity contribution is 8.04. The number of anilines is 2. The van der Waals surface area contributed by atoms with Gasteiger partial charge in [-0.05, 0) is 41.3 Å². The first kappa shape index (κ1) is 21.8. The third-order valence-corrected chi connectivity index (χ3v) is 5.79. The van der Waals surface area contributed by atoms with Gasteiger partial charge >= 0.3 is 0 Å². The summed E-state index contributed by atoms with van der Waals surface area (Å²) in [6, 6.07) is 14.6. The van der Waals surface area contributed by atoms with Gasteiger partial charge in [-0.2, -0.15) is 0 Å². The summed E-state index contributed by atoms with van der Waals surface area (Å²) in [5.74, 6) is -0.419. The maximum absolute atomic E-state index is 13.4. The van der Waals surface area contributed by atoms with Gasteiger partial charge in [-0.1, -0.05) is 52.0 Å². The molecule has 0 radical (unpaired) electrons. The van der Waals surface area contributed by atoms with Crippen LogP contribution >= 0.6 is 11.8 Å². The van der Waals surface area contributed by atoms with Gasteiger partial charge in [-0.3, -0.25) is 14.4 Å². The SMILES string of the molecule is CC(=O)Nc1ccc(C2=C(SC(C)C)C(=O)N(c3ccc(C(C)C)cc3)C2=O)cc1. The molecule has 1 aliphatic rings. The lowest BCUT2D eigenvalue weighted by Crippen LogP contribution is -2.31. The van der Waals surface area contributed by atoms with E-state index in [0.29, 0.717) is 33.3 Å². The fourth-order valence-electron chi connectivity index (χ4n) is 3.28. The van der Waals surface area contributed by atoms with Gasteiger partial charge in [0.1, 0.15) is 0 Å². The quantitative estimate of drug-likeness (QED) is 0.650. The third kappa shape index (κ3) is 4.49. The molecule has 6 heteroatoms. The van der Waals surface area contributed by atoms with Gasteiger partial charge in [0.2, 0.25) is 5.91 Å². The second kappa shape index (κ2) is 8.88. The number of nitrogens with one attached hydrogen (secondary N) is 1. The third-order valence-electron chi connectivity index (χ3n) is 4.71. The van der Waals surface area contributed by atoms with E-state index in [9.17, 15) is 14.4 Å². The van der Waals surface area contributed by atoms with E-state index >= 15 is 0 Å². The largest absolute Gasteiger partial charge is 0.326 e. The first-order valence-corrected chi connectivity index (χ1v) is 10.8. The maximum Gasteiger partial charge on any atom is 0.272 e. The van der Waals surface area contributed by atoms with Crippen LogP contribution in [0.5, 0.6) is 0 Å². The molecule has 1 heterocycles. The van der Waals surface area contributed by atoms with Crippen molar-refractivity contribution in [2.45, 2.75) is 45.8 Å². The minimum Gasteiger partial charge on any atom is -0.326 e. The van der Waals surface area contributed by atoms with Crippen molar-refractivity contribution in [3.8, 4) is 0 Å². The zero-order chi connectivity index (χ0) is 22.0. The molecule has 5 nitrogen and oxygen atoms in total. The lowest BCUT2D eigenvalue weighted by atomic mass is 10.0. The zero-order valence-electron chi connectivity index (χ0n) is 17.9. The van der Waals surface area contributed by atoms with E-state index < -0.39 is 0 Å². The molecule has 0 aliphatic carbocycles. The Kier molecular flexibility index (Phi) is 6.46. The number of hydrogen-bond acceptors (Lipinski definition) is 4. The first-order valence-electron chi connectivity index (χ1n) is 9.96. The van der Waals surface area contributed by atoms with E-state index in [2.05, 4.69) is 19.2 Å². The Hall–Kier alpha value is -2.86. The van der Waals surface area contributed by atoms with Gasteiger partial charge < -0.3 is 5.32 Å². The second-order valence-electron chi connectivity index (χ2n) is 7.82. The van der Waals surface area contributed by atoms with Crippen LogP contribution in [0.25, 0.3) is 5.57 Å². The topological polar surface area (TPSA) is 66.5 Å². The highest BCUT2D eigenvalue weighted by Gasteiger charge is 2.40. The van der Waals surface area contributed by atoms with Crippen molar-refractivity contribution in [2.75, 3.05) is 10.2 Å². The van der Waals surface area contributed by atoms with Crippen LogP contribution in [0.1, 0.15) is 51.7 Å². The molecule has 0 atom stereocenters. The number of carbonyl (C=O) groups excluding carboxylic acids is 3. The lowest BCUT2D eigenvalue weighted by molar-refractivity contribution is -0.120. The Morgan fingerprint density at radius 2 is 1.50 bits per heavy atom. The molecule has 0 fully saturated rings. The average Bonchev–Trinajstić information content (AvgIpc) is 2.91. The molecule has 2 aromatic rings. The molecule has 0 saturated heterocycles. The second-order valence-corrected chi connectivity index (χ2v) is 9.41. The Morgan fingerprint density at radius 1 is 0.900 bits per heavy atom. The Bertz CT molecular complexity index is 1010. The van der Waals surface area contributed by atoms with Crippen molar-refractivity contribution in [1.29, 1.82) is 0 Å². The number of amides is 3. The highest BCUT2D eigenvalue weighted by Crippen LogP contribution is 2.40. The van der Waals surface area contributed by atoms with E-state index in [-0.39, 0.29) is 23.0 Å². The van der Waals surface area contributed by atoms with E-state index in [4.69, 9.17) is 0 Å². The summed E-state index contributed by atoms with van der Waals surface area (Å²) in [4.78, 5) is 39.6. The van der Waals surface area contributed by atoms with E-state index in [1.54, 1.807) is 24.3 Å². The van der Waals surface area contributed by atoms with Crippen LogP contribution in [0.2, 0.25) is 0 Å². The smallest absolute Gasteiger partial charge is 0.272 e. The van der Waals surface area contributed by atoms with Gasteiger partial charge in [0.25, 0.3) is 11.8 Å². The standard InChI is InChI=1S/C24H26N2O3S/c1-14(2)17-8-12-20(13-9-17)26-23(28)21(22(24(26)29)30-15(3)4)18-6-10-19(11-7-18)25-16(5)27/h6-15H,1-5H3,(H,25,27). The molecule has 3 rings (SSSR count). The highest BCUT2D eigenvalue weighted by atomic mass is 32.2. The van der Waals surface area contributed by atoms with Crippen molar-refractivity contribution in [2.24, 2.45) is 0 Å². The van der Waals surface area contributed by atoms with Gasteiger partial charge in [-0.15, -0.1) is 11.8 Å². The fourth-order valence-corrected chi connectivity index (χ4v) is 4.26. The molecule has 0 aromatic heterocycles. The van der Waals surface area contributed by atoms with Crippen LogP contribution in [-0.4, -0.2) is 23.0 Å². The summed E-state index contributed by atoms with van der Waals surface area (Å²) < 4.78 is 0. The Labute approximate surface area is 181 Å². The molecular formula is C24H26N2O3S. The monoisotopic (exact) mass is 422 g/mol. The molecule has 30 heavy (non-hydrogen) atoms. The summed E-state index contributed by atoms with van der Waals surface area (Å²) in [5, 5.41) is 2.86. The van der Waals surface area contributed by atoms with Crippen LogP contribution in [0.15, 0.2) is 53.4 Å². The molecule has 3 amide bonds. The molecule has 0 unspecified atom stereocenters. The van der Waals surface area contributed by atoms with Crippen molar-refractivity contribution in [3.63, 3.8) is 0 Å². The first-order chi connectivity index (χ1) is 14.2. The van der Waals surface area contributed by atoms with Crippen molar-refractivity contribution in [3.05, 3.63) is 64.6 Å². The van der Waals surface area contributed by atoms with Crippen molar-refractivity contribution < 1.29 is 14.4 Å². The molecule has 0 spiro atoms. The molecule has 2 aromatic carbocycles. The number of carbonyl (C=O) groups is 3. The number of rotatable bonds is 6. The zero-order valence-corrected chi connectivity index (χ0v) is 18.7. The minimum atomic E-state index is -0.326. The number of imide groups is 1. The van der Waals surface area contributed by atoms with Crippen LogP contribution in [0, 0.1) is 0 Å². The van der Waals surface area contributed by atoms with Crippen LogP contribution in [-0.2, 0) is 14.4 Å². The van der Waals surface area contributed by atoms with Crippen molar-refractivity contribution >= 4 is 46.4 Å². The van der Waals surface area contributed by atoms with Crippen LogP contribution in [0.3, 0.4) is 0 Å². The Morgan fingerprint density at radius 3 is 2.00 bits per heavy atom. The molecule has 0 saturated carbocycles. The Balaban J connectivity index is 2.00. The summed E-state index contributed by atoms with van der Waals surface area (Å²) in [5.41, 5.74) is 3.42. The maximum atomic E-state index is 13.4. The lowest BCUT2D eigenvalue weighted by Gasteiger charge is -2.16. The van der Waals surface area contributed by atoms with E-state index in [1.807, 2.05) is 38.1 Å². The summed E-state index contributed by atoms with van der Waals surface area (Å²) in [6.45, 7) is 9.63. The number of hydrogen-bond donors (Lipinski definition) is 1. The molecule has 1 N–H and O–H groups in total. The van der Waals surface area contributed by atoms with Gasteiger partial charge in [-0.25, -0.2) is 4.90 Å². The summed E-state index contributed by atoms with van der Waals surface area (Å²) >= 11 is 1.40. The van der Waals surface area contributed by atoms with E-state index in [0.717, 1.165) is 5.56 Å².